The first-order valence-corrected chi connectivity index (χ1v) is 9.24. The van der Waals surface area contributed by atoms with Gasteiger partial charge in [-0.15, -0.1) is 0 Å². The fourth-order valence-corrected chi connectivity index (χ4v) is 3.69. The highest BCUT2D eigenvalue weighted by Crippen LogP contribution is 2.25. The number of aromatic amines is 1. The van der Waals surface area contributed by atoms with E-state index in [2.05, 4.69) is 30.4 Å². The number of hydrogen-bond donors (Lipinski definition) is 2. The van der Waals surface area contributed by atoms with Gasteiger partial charge in [0.2, 0.25) is 5.95 Å². The summed E-state index contributed by atoms with van der Waals surface area (Å²) in [5.74, 6) is 0.437. The van der Waals surface area contributed by atoms with E-state index in [1.54, 1.807) is 9.08 Å². The molecule has 2 N–H and O–H groups in total. The van der Waals surface area contributed by atoms with Gasteiger partial charge in [-0.1, -0.05) is 0 Å². The highest BCUT2D eigenvalue weighted by atomic mass is 16.5. The van der Waals surface area contributed by atoms with Crippen molar-refractivity contribution in [3.8, 4) is 0 Å². The average Bonchev–Trinajstić information content (AvgIpc) is 3.26. The monoisotopic (exact) mass is 380 g/mol. The smallest absolute Gasteiger partial charge is 0.327 e. The number of imidazole rings is 1. The SMILES string of the molecule is Cc1cc2ncnn2cc1Nc1nc(C)c2[nH]c(=O)n(C3CCOCC3)c2n1. The zero-order chi connectivity index (χ0) is 19.3. The summed E-state index contributed by atoms with van der Waals surface area (Å²) in [6.07, 6.45) is 4.95. The van der Waals surface area contributed by atoms with Crippen LogP contribution in [0.5, 0.6) is 0 Å². The minimum atomic E-state index is -0.156. The van der Waals surface area contributed by atoms with Crippen molar-refractivity contribution in [2.45, 2.75) is 32.7 Å². The second-order valence-corrected chi connectivity index (χ2v) is 7.03. The fraction of sp³-hybridized carbons (Fsp3) is 0.389. The van der Waals surface area contributed by atoms with E-state index >= 15 is 0 Å². The third kappa shape index (κ3) is 2.73. The Bertz CT molecular complexity index is 1230. The summed E-state index contributed by atoms with van der Waals surface area (Å²) in [5.41, 5.74) is 4.45. The normalized spacial score (nSPS) is 15.5. The molecule has 0 bridgehead atoms. The molecule has 1 fully saturated rings. The number of aryl methyl sites for hydroxylation is 2. The van der Waals surface area contributed by atoms with Crippen molar-refractivity contribution in [1.82, 2.24) is 34.1 Å². The number of hydrogen-bond acceptors (Lipinski definition) is 7. The Hall–Kier alpha value is -3.27. The second kappa shape index (κ2) is 6.41. The van der Waals surface area contributed by atoms with Gasteiger partial charge in [0, 0.05) is 19.3 Å². The van der Waals surface area contributed by atoms with Gasteiger partial charge in [-0.25, -0.2) is 19.3 Å². The molecule has 0 atom stereocenters. The molecule has 0 aromatic carbocycles. The number of ether oxygens (including phenoxy) is 1. The van der Waals surface area contributed by atoms with Gasteiger partial charge in [-0.3, -0.25) is 4.57 Å². The molecule has 28 heavy (non-hydrogen) atoms. The molecule has 0 amide bonds. The molecule has 0 spiro atoms. The van der Waals surface area contributed by atoms with Gasteiger partial charge in [-0.05, 0) is 38.3 Å². The van der Waals surface area contributed by atoms with Crippen LogP contribution in [0.25, 0.3) is 16.8 Å². The predicted molar refractivity (Wildman–Crippen MR) is 103 cm³/mol. The zero-order valence-electron chi connectivity index (χ0n) is 15.6. The van der Waals surface area contributed by atoms with E-state index < -0.39 is 0 Å². The number of rotatable bonds is 3. The Labute approximate surface area is 159 Å². The summed E-state index contributed by atoms with van der Waals surface area (Å²) in [7, 11) is 0. The Morgan fingerprint density at radius 3 is 2.89 bits per heavy atom. The van der Waals surface area contributed by atoms with E-state index in [9.17, 15) is 4.79 Å². The van der Waals surface area contributed by atoms with Crippen LogP contribution in [0, 0.1) is 13.8 Å². The molecule has 5 heterocycles. The minimum absolute atomic E-state index is 0.0744. The number of nitrogens with zero attached hydrogens (tertiary/aromatic N) is 6. The summed E-state index contributed by atoms with van der Waals surface area (Å²) in [5, 5.41) is 7.43. The Morgan fingerprint density at radius 1 is 1.25 bits per heavy atom. The summed E-state index contributed by atoms with van der Waals surface area (Å²) in [4.78, 5) is 28.9. The predicted octanol–water partition coefficient (Wildman–Crippen LogP) is 1.87. The maximum absolute atomic E-state index is 12.6. The Balaban J connectivity index is 1.59. The highest BCUT2D eigenvalue weighted by molar-refractivity contribution is 5.75. The molecule has 1 saturated heterocycles. The van der Waals surface area contributed by atoms with Crippen LogP contribution < -0.4 is 11.0 Å². The molecule has 10 nitrogen and oxygen atoms in total. The maximum atomic E-state index is 12.6. The molecule has 0 saturated carbocycles. The van der Waals surface area contributed by atoms with Crippen molar-refractivity contribution in [3.05, 3.63) is 40.3 Å². The molecule has 0 radical (unpaired) electrons. The molecule has 5 rings (SSSR count). The third-order valence-electron chi connectivity index (χ3n) is 5.17. The summed E-state index contributed by atoms with van der Waals surface area (Å²) in [6.45, 7) is 5.15. The van der Waals surface area contributed by atoms with E-state index in [-0.39, 0.29) is 11.7 Å². The topological polar surface area (TPSA) is 115 Å². The number of fused-ring (bicyclic) bond motifs is 2. The number of aromatic nitrogens is 7. The van der Waals surface area contributed by atoms with E-state index in [4.69, 9.17) is 4.74 Å². The van der Waals surface area contributed by atoms with Gasteiger partial charge in [0.05, 0.1) is 17.6 Å². The first kappa shape index (κ1) is 16.9. The summed E-state index contributed by atoms with van der Waals surface area (Å²) in [6, 6.07) is 2.01. The van der Waals surface area contributed by atoms with Crippen LogP contribution in [0.15, 0.2) is 23.4 Å². The van der Waals surface area contributed by atoms with E-state index in [1.165, 1.54) is 6.33 Å². The fourth-order valence-electron chi connectivity index (χ4n) is 3.69. The van der Waals surface area contributed by atoms with Crippen LogP contribution in [0.2, 0.25) is 0 Å². The van der Waals surface area contributed by atoms with E-state index in [0.29, 0.717) is 30.3 Å². The summed E-state index contributed by atoms with van der Waals surface area (Å²) < 4.78 is 8.86. The molecule has 0 unspecified atom stereocenters. The molecule has 1 aliphatic heterocycles. The van der Waals surface area contributed by atoms with E-state index in [0.717, 1.165) is 35.4 Å². The van der Waals surface area contributed by atoms with Crippen molar-refractivity contribution in [2.75, 3.05) is 18.5 Å². The van der Waals surface area contributed by atoms with Crippen LogP contribution in [-0.2, 0) is 4.74 Å². The largest absolute Gasteiger partial charge is 0.381 e. The van der Waals surface area contributed by atoms with E-state index in [1.807, 2.05) is 26.1 Å². The second-order valence-electron chi connectivity index (χ2n) is 7.03. The number of anilines is 2. The van der Waals surface area contributed by atoms with Gasteiger partial charge in [0.1, 0.15) is 11.8 Å². The van der Waals surface area contributed by atoms with Crippen LogP contribution in [0.1, 0.15) is 30.1 Å². The van der Waals surface area contributed by atoms with Crippen LogP contribution in [-0.4, -0.2) is 47.3 Å². The van der Waals surface area contributed by atoms with Crippen LogP contribution in [0.4, 0.5) is 11.6 Å². The molecule has 4 aromatic rings. The maximum Gasteiger partial charge on any atom is 0.327 e. The van der Waals surface area contributed by atoms with Crippen molar-refractivity contribution in [1.29, 1.82) is 0 Å². The lowest BCUT2D eigenvalue weighted by molar-refractivity contribution is 0.0697. The number of pyridine rings is 1. The molecular weight excluding hydrogens is 360 g/mol. The Morgan fingerprint density at radius 2 is 2.07 bits per heavy atom. The van der Waals surface area contributed by atoms with Crippen molar-refractivity contribution < 1.29 is 4.74 Å². The van der Waals surface area contributed by atoms with Crippen LogP contribution in [0.3, 0.4) is 0 Å². The quantitative estimate of drug-likeness (QED) is 0.557. The van der Waals surface area contributed by atoms with Crippen LogP contribution >= 0.6 is 0 Å². The molecule has 1 aliphatic rings. The lowest BCUT2D eigenvalue weighted by atomic mass is 10.1. The molecule has 4 aromatic heterocycles. The minimum Gasteiger partial charge on any atom is -0.381 e. The number of nitrogens with one attached hydrogen (secondary N) is 2. The highest BCUT2D eigenvalue weighted by Gasteiger charge is 2.22. The number of H-pyrrole nitrogens is 1. The first-order valence-electron chi connectivity index (χ1n) is 9.24. The zero-order valence-corrected chi connectivity index (χ0v) is 15.6. The van der Waals surface area contributed by atoms with Crippen molar-refractivity contribution >= 4 is 28.4 Å². The lowest BCUT2D eigenvalue weighted by Gasteiger charge is -2.23. The Kier molecular flexibility index (Phi) is 3.86. The first-order chi connectivity index (χ1) is 13.6. The van der Waals surface area contributed by atoms with Gasteiger partial charge in [0.15, 0.2) is 11.3 Å². The lowest BCUT2D eigenvalue weighted by Crippen LogP contribution is -2.27. The molecule has 0 aliphatic carbocycles. The molecular formula is C18H20N8O2. The van der Waals surface area contributed by atoms with Gasteiger partial charge in [-0.2, -0.15) is 10.1 Å². The average molecular weight is 380 g/mol. The standard InChI is InChI=1S/C18H20N8O2/c1-10-7-14-19-9-20-25(14)8-13(10)22-17-21-11(2)15-16(24-17)26(18(27)23-15)12-3-5-28-6-4-12/h7-9,12H,3-6H2,1-2H3,(H,23,27)(H,21,22,24). The third-order valence-corrected chi connectivity index (χ3v) is 5.17. The van der Waals surface area contributed by atoms with Gasteiger partial charge >= 0.3 is 5.69 Å². The van der Waals surface area contributed by atoms with Gasteiger partial charge < -0.3 is 15.0 Å². The van der Waals surface area contributed by atoms with Gasteiger partial charge in [0.25, 0.3) is 0 Å². The van der Waals surface area contributed by atoms with Crippen molar-refractivity contribution in [2.24, 2.45) is 0 Å². The molecule has 10 heteroatoms. The summed E-state index contributed by atoms with van der Waals surface area (Å²) >= 11 is 0. The van der Waals surface area contributed by atoms with Crippen molar-refractivity contribution in [3.63, 3.8) is 0 Å². The molecule has 144 valence electrons.